The molecule has 0 bridgehead atoms. The number of aromatic nitrogens is 3. The zero-order valence-electron chi connectivity index (χ0n) is 10.9. The fraction of sp³-hybridized carbons (Fsp3) is 0.385. The molecule has 1 aliphatic rings. The van der Waals surface area contributed by atoms with E-state index in [1.807, 2.05) is 6.20 Å². The first-order chi connectivity index (χ1) is 9.73. The Morgan fingerprint density at radius 2 is 2.30 bits per heavy atom. The molecule has 2 aromatic heterocycles. The predicted octanol–water partition coefficient (Wildman–Crippen LogP) is 0.910. The minimum absolute atomic E-state index is 0.361. The van der Waals surface area contributed by atoms with Crippen molar-refractivity contribution in [2.75, 3.05) is 6.54 Å². The number of rotatable bonds is 4. The summed E-state index contributed by atoms with van der Waals surface area (Å²) < 4.78 is 0. The van der Waals surface area contributed by atoms with Gasteiger partial charge in [0.15, 0.2) is 0 Å². The van der Waals surface area contributed by atoms with E-state index in [9.17, 15) is 4.79 Å². The minimum atomic E-state index is -0.849. The summed E-state index contributed by atoms with van der Waals surface area (Å²) >= 11 is 1.58. The molecule has 0 radical (unpaired) electrons. The van der Waals surface area contributed by atoms with E-state index in [4.69, 9.17) is 5.73 Å². The van der Waals surface area contributed by atoms with Crippen LogP contribution >= 0.6 is 11.3 Å². The lowest BCUT2D eigenvalue weighted by molar-refractivity contribution is -0.129. The van der Waals surface area contributed by atoms with Crippen molar-refractivity contribution in [1.29, 1.82) is 0 Å². The largest absolute Gasteiger partial charge is 0.368 e. The zero-order chi connectivity index (χ0) is 14.0. The van der Waals surface area contributed by atoms with Crippen molar-refractivity contribution < 1.29 is 4.79 Å². The monoisotopic (exact) mass is 289 g/mol. The predicted molar refractivity (Wildman–Crippen MR) is 74.7 cm³/mol. The molecule has 3 rings (SSSR count). The van der Waals surface area contributed by atoms with Gasteiger partial charge in [-0.2, -0.15) is 0 Å². The fourth-order valence-corrected chi connectivity index (χ4v) is 3.41. The van der Waals surface area contributed by atoms with Crippen molar-refractivity contribution >= 4 is 17.2 Å². The third kappa shape index (κ3) is 2.08. The second-order valence-electron chi connectivity index (χ2n) is 4.81. The van der Waals surface area contributed by atoms with E-state index in [-0.39, 0.29) is 5.91 Å². The van der Waals surface area contributed by atoms with E-state index < -0.39 is 5.54 Å². The molecular weight excluding hydrogens is 274 g/mol. The van der Waals surface area contributed by atoms with Crippen LogP contribution in [0, 0.1) is 0 Å². The van der Waals surface area contributed by atoms with Crippen LogP contribution in [0.25, 0.3) is 0 Å². The van der Waals surface area contributed by atoms with Crippen LogP contribution in [-0.2, 0) is 16.9 Å². The van der Waals surface area contributed by atoms with E-state index in [0.717, 1.165) is 17.8 Å². The first kappa shape index (κ1) is 13.1. The summed E-state index contributed by atoms with van der Waals surface area (Å²) in [6.07, 6.45) is 8.25. The van der Waals surface area contributed by atoms with E-state index in [1.54, 1.807) is 35.4 Å². The summed E-state index contributed by atoms with van der Waals surface area (Å²) in [4.78, 5) is 27.8. The fourth-order valence-electron chi connectivity index (χ4n) is 2.81. The molecule has 3 heterocycles. The van der Waals surface area contributed by atoms with Gasteiger partial charge in [0.2, 0.25) is 5.91 Å². The smallest absolute Gasteiger partial charge is 0.244 e. The molecule has 7 heteroatoms. The molecule has 1 saturated heterocycles. The first-order valence-electron chi connectivity index (χ1n) is 6.42. The van der Waals surface area contributed by atoms with E-state index in [2.05, 4.69) is 19.9 Å². The highest BCUT2D eigenvalue weighted by Crippen LogP contribution is 2.38. The summed E-state index contributed by atoms with van der Waals surface area (Å²) in [7, 11) is 0. The van der Waals surface area contributed by atoms with Crippen LogP contribution < -0.4 is 5.73 Å². The molecule has 1 fully saturated rings. The third-order valence-electron chi connectivity index (χ3n) is 3.73. The number of carbonyl (C=O) groups is 1. The summed E-state index contributed by atoms with van der Waals surface area (Å²) in [6.45, 7) is 1.47. The number of thiazole rings is 1. The van der Waals surface area contributed by atoms with Gasteiger partial charge in [-0.15, -0.1) is 11.3 Å². The average Bonchev–Trinajstić information content (AvgIpc) is 3.10. The molecule has 2 aromatic rings. The first-order valence-corrected chi connectivity index (χ1v) is 7.30. The lowest BCUT2D eigenvalue weighted by atomic mass is 9.91. The van der Waals surface area contributed by atoms with Crippen molar-refractivity contribution in [3.05, 3.63) is 40.9 Å². The van der Waals surface area contributed by atoms with E-state index >= 15 is 0 Å². The maximum atomic E-state index is 12.2. The van der Waals surface area contributed by atoms with Crippen LogP contribution in [0.2, 0.25) is 0 Å². The van der Waals surface area contributed by atoms with Crippen LogP contribution in [0.15, 0.2) is 30.3 Å². The number of nitrogens with two attached hydrogens (primary N) is 1. The lowest BCUT2D eigenvalue weighted by Crippen LogP contribution is -2.51. The number of carbonyl (C=O) groups excluding carboxylic acids is 1. The van der Waals surface area contributed by atoms with Crippen molar-refractivity contribution in [2.45, 2.75) is 24.9 Å². The van der Waals surface area contributed by atoms with Crippen molar-refractivity contribution in [3.63, 3.8) is 0 Å². The van der Waals surface area contributed by atoms with Crippen molar-refractivity contribution in [3.8, 4) is 0 Å². The summed E-state index contributed by atoms with van der Waals surface area (Å²) in [5.74, 6) is -0.361. The second-order valence-corrected chi connectivity index (χ2v) is 5.78. The third-order valence-corrected chi connectivity index (χ3v) is 4.50. The molecule has 0 saturated carbocycles. The highest BCUT2D eigenvalue weighted by atomic mass is 32.1. The van der Waals surface area contributed by atoms with Crippen LogP contribution in [0.3, 0.4) is 0 Å². The SMILES string of the molecule is NC(=O)C1(c2cnccn2)CCCN1Cc1cncs1. The van der Waals surface area contributed by atoms with E-state index in [0.29, 0.717) is 18.7 Å². The number of nitrogens with zero attached hydrogens (tertiary/aromatic N) is 4. The summed E-state index contributed by atoms with van der Waals surface area (Å²) in [6, 6.07) is 0. The van der Waals surface area contributed by atoms with Crippen LogP contribution in [-0.4, -0.2) is 32.3 Å². The summed E-state index contributed by atoms with van der Waals surface area (Å²) in [5.41, 5.74) is 7.30. The molecule has 1 aliphatic heterocycles. The Kier molecular flexibility index (Phi) is 3.45. The second kappa shape index (κ2) is 5.26. The van der Waals surface area contributed by atoms with Gasteiger partial charge >= 0.3 is 0 Å². The number of primary amides is 1. The highest BCUT2D eigenvalue weighted by Gasteiger charge is 2.49. The molecule has 104 valence electrons. The van der Waals surface area contributed by atoms with Crippen molar-refractivity contribution in [1.82, 2.24) is 19.9 Å². The standard InChI is InChI=1S/C13H15N5OS/c14-12(19)13(11-7-15-3-4-17-11)2-1-5-18(13)8-10-6-16-9-20-10/h3-4,6-7,9H,1-2,5,8H2,(H2,14,19). The number of hydrogen-bond acceptors (Lipinski definition) is 6. The zero-order valence-corrected chi connectivity index (χ0v) is 11.7. The Hall–Kier alpha value is -1.86. The van der Waals surface area contributed by atoms with Gasteiger partial charge in [0.05, 0.1) is 17.4 Å². The summed E-state index contributed by atoms with van der Waals surface area (Å²) in [5, 5.41) is 0. The minimum Gasteiger partial charge on any atom is -0.368 e. The van der Waals surface area contributed by atoms with Gasteiger partial charge in [0.1, 0.15) is 5.54 Å². The van der Waals surface area contributed by atoms with Gasteiger partial charge < -0.3 is 5.73 Å². The maximum absolute atomic E-state index is 12.2. The van der Waals surface area contributed by atoms with Gasteiger partial charge in [-0.1, -0.05) is 0 Å². The molecule has 0 aromatic carbocycles. The van der Waals surface area contributed by atoms with Crippen LogP contribution in [0.4, 0.5) is 0 Å². The Morgan fingerprint density at radius 3 is 2.95 bits per heavy atom. The highest BCUT2D eigenvalue weighted by molar-refractivity contribution is 7.09. The molecular formula is C13H15N5OS. The van der Waals surface area contributed by atoms with E-state index in [1.165, 1.54) is 0 Å². The molecule has 20 heavy (non-hydrogen) atoms. The quantitative estimate of drug-likeness (QED) is 0.904. The average molecular weight is 289 g/mol. The topological polar surface area (TPSA) is 85.0 Å². The van der Waals surface area contributed by atoms with Gasteiger partial charge in [0, 0.05) is 36.6 Å². The Labute approximate surface area is 120 Å². The Bertz CT molecular complexity index is 588. The number of likely N-dealkylation sites (tertiary alicyclic amines) is 1. The normalized spacial score (nSPS) is 23.0. The van der Waals surface area contributed by atoms with Gasteiger partial charge in [0.25, 0.3) is 0 Å². The number of hydrogen-bond donors (Lipinski definition) is 1. The molecule has 1 unspecified atom stereocenters. The Morgan fingerprint density at radius 1 is 1.40 bits per heavy atom. The van der Waals surface area contributed by atoms with Gasteiger partial charge in [-0.05, 0) is 12.8 Å². The lowest BCUT2D eigenvalue weighted by Gasteiger charge is -2.34. The van der Waals surface area contributed by atoms with Crippen molar-refractivity contribution in [2.24, 2.45) is 5.73 Å². The van der Waals surface area contributed by atoms with Crippen LogP contribution in [0.1, 0.15) is 23.4 Å². The molecule has 2 N–H and O–H groups in total. The van der Waals surface area contributed by atoms with Gasteiger partial charge in [-0.3, -0.25) is 24.6 Å². The molecule has 1 atom stereocenters. The Balaban J connectivity index is 1.98. The molecule has 0 aliphatic carbocycles. The number of amides is 1. The molecule has 0 spiro atoms. The molecule has 6 nitrogen and oxygen atoms in total. The van der Waals surface area contributed by atoms with Gasteiger partial charge in [-0.25, -0.2) is 0 Å². The maximum Gasteiger partial charge on any atom is 0.244 e. The molecule has 1 amide bonds. The van der Waals surface area contributed by atoms with Crippen LogP contribution in [0.5, 0.6) is 0 Å².